The summed E-state index contributed by atoms with van der Waals surface area (Å²) in [6.07, 6.45) is 4.04. The lowest BCUT2D eigenvalue weighted by molar-refractivity contribution is 0.350. The average Bonchev–Trinajstić information content (AvgIpc) is 2.77. The second kappa shape index (κ2) is 9.37. The molecule has 1 saturated carbocycles. The Bertz CT molecular complexity index is 1060. The summed E-state index contributed by atoms with van der Waals surface area (Å²) in [4.78, 5) is 11.5. The highest BCUT2D eigenvalue weighted by atomic mass is 35.5. The third kappa shape index (κ3) is 4.91. The molecule has 2 aromatic carbocycles. The summed E-state index contributed by atoms with van der Waals surface area (Å²) in [5.74, 6) is 1.38. The smallest absolute Gasteiger partial charge is 0.225 e. The lowest BCUT2D eigenvalue weighted by atomic mass is 9.91. The van der Waals surface area contributed by atoms with E-state index in [4.69, 9.17) is 21.6 Å². The molecule has 1 fully saturated rings. The molecule has 164 valence electrons. The van der Waals surface area contributed by atoms with Gasteiger partial charge >= 0.3 is 0 Å². The van der Waals surface area contributed by atoms with Crippen LogP contribution >= 0.6 is 11.6 Å². The van der Waals surface area contributed by atoms with Crippen molar-refractivity contribution >= 4 is 34.3 Å². The van der Waals surface area contributed by atoms with Gasteiger partial charge in [0.15, 0.2) is 0 Å². The van der Waals surface area contributed by atoms with Gasteiger partial charge in [0.05, 0.1) is 5.52 Å². The fourth-order valence-electron chi connectivity index (χ4n) is 4.21. The van der Waals surface area contributed by atoms with Crippen LogP contribution in [0, 0.1) is 12.7 Å². The van der Waals surface area contributed by atoms with E-state index in [0.717, 1.165) is 42.4 Å². The molecule has 5 nitrogen and oxygen atoms in total. The molecule has 1 aliphatic carbocycles. The van der Waals surface area contributed by atoms with Gasteiger partial charge in [0.1, 0.15) is 11.6 Å². The largest absolute Gasteiger partial charge is 0.362 e. The Morgan fingerprint density at radius 1 is 1.03 bits per heavy atom. The monoisotopic (exact) mass is 441 g/mol. The summed E-state index contributed by atoms with van der Waals surface area (Å²) in [5.41, 5.74) is 2.13. The van der Waals surface area contributed by atoms with Crippen LogP contribution in [0.15, 0.2) is 36.4 Å². The third-order valence-electron chi connectivity index (χ3n) is 6.01. The van der Waals surface area contributed by atoms with E-state index in [1.165, 1.54) is 0 Å². The van der Waals surface area contributed by atoms with Crippen LogP contribution in [0.25, 0.3) is 10.9 Å². The van der Waals surface area contributed by atoms with Gasteiger partial charge < -0.3 is 15.5 Å². The molecule has 0 aliphatic heterocycles. The van der Waals surface area contributed by atoms with Crippen molar-refractivity contribution in [2.24, 2.45) is 0 Å². The van der Waals surface area contributed by atoms with Gasteiger partial charge in [0.2, 0.25) is 5.95 Å². The second-order valence-corrected chi connectivity index (χ2v) is 8.92. The van der Waals surface area contributed by atoms with E-state index in [2.05, 4.69) is 16.7 Å². The average molecular weight is 442 g/mol. The Morgan fingerprint density at radius 2 is 1.74 bits per heavy atom. The lowest BCUT2D eigenvalue weighted by Gasteiger charge is -2.30. The normalized spacial score (nSPS) is 18.9. The van der Waals surface area contributed by atoms with Crippen molar-refractivity contribution in [3.8, 4) is 0 Å². The molecule has 2 N–H and O–H groups in total. The number of nitrogens with one attached hydrogen (secondary N) is 2. The van der Waals surface area contributed by atoms with Crippen LogP contribution in [0.1, 0.15) is 36.8 Å². The molecular weight excluding hydrogens is 413 g/mol. The van der Waals surface area contributed by atoms with Gasteiger partial charge in [-0.3, -0.25) is 0 Å². The minimum atomic E-state index is -0.208. The number of benzene rings is 2. The predicted octanol–water partition coefficient (Wildman–Crippen LogP) is 5.31. The van der Waals surface area contributed by atoms with Gasteiger partial charge in [-0.1, -0.05) is 29.8 Å². The summed E-state index contributed by atoms with van der Waals surface area (Å²) in [7, 11) is 4.00. The van der Waals surface area contributed by atoms with Gasteiger partial charge in [0, 0.05) is 48.7 Å². The van der Waals surface area contributed by atoms with Crippen molar-refractivity contribution in [3.05, 3.63) is 58.4 Å². The minimum Gasteiger partial charge on any atom is -0.362 e. The molecule has 0 bridgehead atoms. The van der Waals surface area contributed by atoms with E-state index < -0.39 is 0 Å². The fraction of sp³-hybridized carbons (Fsp3) is 0.417. The minimum absolute atomic E-state index is 0.208. The number of anilines is 2. The van der Waals surface area contributed by atoms with Crippen molar-refractivity contribution in [1.29, 1.82) is 0 Å². The van der Waals surface area contributed by atoms with E-state index >= 15 is 0 Å². The molecule has 1 aromatic heterocycles. The Kier molecular flexibility index (Phi) is 6.58. The molecule has 0 radical (unpaired) electrons. The summed E-state index contributed by atoms with van der Waals surface area (Å²) in [6, 6.07) is 12.2. The maximum Gasteiger partial charge on any atom is 0.225 e. The van der Waals surface area contributed by atoms with Crippen molar-refractivity contribution in [2.45, 2.75) is 51.2 Å². The van der Waals surface area contributed by atoms with Crippen LogP contribution in [0.3, 0.4) is 0 Å². The first-order chi connectivity index (χ1) is 14.9. The molecular formula is C24H29ClFN5. The highest BCUT2D eigenvalue weighted by Gasteiger charge is 2.23. The third-order valence-corrected chi connectivity index (χ3v) is 6.37. The molecule has 0 amide bonds. The number of hydrogen-bond donors (Lipinski definition) is 2. The van der Waals surface area contributed by atoms with Crippen LogP contribution in [0.5, 0.6) is 0 Å². The second-order valence-electron chi connectivity index (χ2n) is 8.51. The number of aryl methyl sites for hydroxylation is 1. The SMILES string of the molecule is Cc1ccc(Cl)c(CNC2CCC(Nc3nc(N(C)C)c4ccccc4n3)CC2)c1F. The van der Waals surface area contributed by atoms with Gasteiger partial charge in [0.25, 0.3) is 0 Å². The molecule has 4 rings (SSSR count). The standard InChI is InChI=1S/C24H29ClFN5/c1-15-8-13-20(25)19(22(15)26)14-27-16-9-11-17(12-10-16)28-24-29-21-7-5-4-6-18(21)23(30-24)31(2)3/h4-8,13,16-17,27H,9-12,14H2,1-3H3,(H,28,29,30). The van der Waals surface area contributed by atoms with Gasteiger partial charge in [-0.2, -0.15) is 4.98 Å². The van der Waals surface area contributed by atoms with Crippen LogP contribution in [-0.4, -0.2) is 36.1 Å². The Labute approximate surface area is 188 Å². The Hall–Kier alpha value is -2.44. The number of aromatic nitrogens is 2. The number of nitrogens with zero attached hydrogens (tertiary/aromatic N) is 3. The molecule has 0 spiro atoms. The first-order valence-electron chi connectivity index (χ1n) is 10.8. The van der Waals surface area contributed by atoms with E-state index in [1.54, 1.807) is 19.1 Å². The topological polar surface area (TPSA) is 53.1 Å². The zero-order valence-electron chi connectivity index (χ0n) is 18.3. The number of fused-ring (bicyclic) bond motifs is 1. The van der Waals surface area contributed by atoms with E-state index in [1.807, 2.05) is 37.2 Å². The molecule has 1 aliphatic rings. The van der Waals surface area contributed by atoms with Crippen LogP contribution < -0.4 is 15.5 Å². The number of hydrogen-bond acceptors (Lipinski definition) is 5. The lowest BCUT2D eigenvalue weighted by Crippen LogP contribution is -2.37. The first kappa shape index (κ1) is 21.8. The molecule has 1 heterocycles. The Morgan fingerprint density at radius 3 is 2.48 bits per heavy atom. The van der Waals surface area contributed by atoms with Crippen LogP contribution in [0.2, 0.25) is 5.02 Å². The van der Waals surface area contributed by atoms with E-state index in [-0.39, 0.29) is 5.82 Å². The summed E-state index contributed by atoms with van der Waals surface area (Å²) >= 11 is 6.20. The van der Waals surface area contributed by atoms with Gasteiger partial charge in [-0.25, -0.2) is 9.37 Å². The number of rotatable bonds is 6. The molecule has 31 heavy (non-hydrogen) atoms. The number of halogens is 2. The Balaban J connectivity index is 1.36. The molecule has 0 saturated heterocycles. The van der Waals surface area contributed by atoms with Gasteiger partial charge in [-0.15, -0.1) is 0 Å². The van der Waals surface area contributed by atoms with Crippen LogP contribution in [-0.2, 0) is 6.54 Å². The van der Waals surface area contributed by atoms with E-state index in [0.29, 0.717) is 40.7 Å². The summed E-state index contributed by atoms with van der Waals surface area (Å²) in [6.45, 7) is 2.22. The molecule has 0 unspecified atom stereocenters. The molecule has 7 heteroatoms. The van der Waals surface area contributed by atoms with Crippen molar-refractivity contribution in [2.75, 3.05) is 24.3 Å². The fourth-order valence-corrected chi connectivity index (χ4v) is 4.43. The zero-order chi connectivity index (χ0) is 22.0. The van der Waals surface area contributed by atoms with Crippen molar-refractivity contribution < 1.29 is 4.39 Å². The van der Waals surface area contributed by atoms with Crippen molar-refractivity contribution in [3.63, 3.8) is 0 Å². The summed E-state index contributed by atoms with van der Waals surface area (Å²) in [5, 5.41) is 8.55. The molecule has 3 aromatic rings. The predicted molar refractivity (Wildman–Crippen MR) is 127 cm³/mol. The molecule has 0 atom stereocenters. The maximum absolute atomic E-state index is 14.4. The first-order valence-corrected chi connectivity index (χ1v) is 11.2. The van der Waals surface area contributed by atoms with E-state index in [9.17, 15) is 4.39 Å². The number of para-hydroxylation sites is 1. The highest BCUT2D eigenvalue weighted by Crippen LogP contribution is 2.27. The summed E-state index contributed by atoms with van der Waals surface area (Å²) < 4.78 is 14.4. The van der Waals surface area contributed by atoms with Gasteiger partial charge in [-0.05, 0) is 56.4 Å². The maximum atomic E-state index is 14.4. The van der Waals surface area contributed by atoms with Crippen LogP contribution in [0.4, 0.5) is 16.2 Å². The highest BCUT2D eigenvalue weighted by molar-refractivity contribution is 6.31. The van der Waals surface area contributed by atoms with Crippen molar-refractivity contribution in [1.82, 2.24) is 15.3 Å². The quantitative estimate of drug-likeness (QED) is 0.543. The zero-order valence-corrected chi connectivity index (χ0v) is 19.0.